The first kappa shape index (κ1) is 40.2. The minimum Gasteiger partial charge on any atom is -0.507 e. The summed E-state index contributed by atoms with van der Waals surface area (Å²) in [5.41, 5.74) is 0.926. The summed E-state index contributed by atoms with van der Waals surface area (Å²) >= 11 is 0. The van der Waals surface area contributed by atoms with E-state index in [2.05, 4.69) is 5.32 Å². The number of fused-ring (bicyclic) bond motifs is 14. The van der Waals surface area contributed by atoms with E-state index in [9.17, 15) is 34.8 Å². The van der Waals surface area contributed by atoms with E-state index in [0.717, 1.165) is 0 Å². The Hall–Kier alpha value is -4.59. The zero-order valence-electron chi connectivity index (χ0n) is 31.7. The maximum atomic E-state index is 14.2. The van der Waals surface area contributed by atoms with Crippen molar-refractivity contribution in [3.63, 3.8) is 0 Å². The van der Waals surface area contributed by atoms with Crippen molar-refractivity contribution in [2.24, 2.45) is 23.7 Å². The summed E-state index contributed by atoms with van der Waals surface area (Å²) < 4.78 is 23.6. The zero-order chi connectivity index (χ0) is 39.0. The molecule has 9 unspecified atom stereocenters. The average molecular weight is 725 g/mol. The maximum absolute atomic E-state index is 14.2. The van der Waals surface area contributed by atoms with Crippen LogP contribution in [-0.2, 0) is 23.8 Å². The quantitative estimate of drug-likeness (QED) is 0.209. The van der Waals surface area contributed by atoms with Gasteiger partial charge in [-0.15, -0.1) is 0 Å². The molecule has 0 fully saturated rings. The van der Waals surface area contributed by atoms with Gasteiger partial charge >= 0.3 is 11.8 Å². The fraction of sp³-hybridized carbons (Fsp3) is 0.513. The van der Waals surface area contributed by atoms with Crippen molar-refractivity contribution in [2.45, 2.75) is 85.6 Å². The number of phenols is 2. The van der Waals surface area contributed by atoms with Crippen molar-refractivity contribution in [1.29, 1.82) is 0 Å². The normalized spacial score (nSPS) is 32.4. The topological polar surface area (TPSA) is 184 Å². The number of nitrogens with zero attached hydrogens (tertiary/aromatic N) is 1. The van der Waals surface area contributed by atoms with E-state index in [1.165, 1.54) is 33.3 Å². The first-order valence-electron chi connectivity index (χ1n) is 17.3. The van der Waals surface area contributed by atoms with Crippen molar-refractivity contribution >= 4 is 39.8 Å². The molecule has 5 bridgehead atoms. The lowest BCUT2D eigenvalue weighted by Gasteiger charge is -2.38. The third-order valence-corrected chi connectivity index (χ3v) is 10.3. The summed E-state index contributed by atoms with van der Waals surface area (Å²) in [6.07, 6.45) is 3.97. The number of hydrogen-bond donors (Lipinski definition) is 5. The minimum atomic E-state index is -1.90. The van der Waals surface area contributed by atoms with Crippen LogP contribution in [0, 0.1) is 30.6 Å². The molecule has 5 rings (SSSR count). The van der Waals surface area contributed by atoms with Crippen molar-refractivity contribution in [3.8, 4) is 17.2 Å². The van der Waals surface area contributed by atoms with Crippen molar-refractivity contribution in [2.75, 3.05) is 31.4 Å². The molecule has 0 saturated heterocycles. The highest BCUT2D eigenvalue weighted by atomic mass is 16.7. The Bertz CT molecular complexity index is 1820. The largest absolute Gasteiger partial charge is 0.507 e. The van der Waals surface area contributed by atoms with Gasteiger partial charge in [0.15, 0.2) is 5.75 Å². The summed E-state index contributed by atoms with van der Waals surface area (Å²) in [7, 11) is 4.90. The fourth-order valence-corrected chi connectivity index (χ4v) is 7.00. The number of aromatic hydroxyl groups is 2. The summed E-state index contributed by atoms with van der Waals surface area (Å²) in [6, 6.07) is 1.51. The first-order chi connectivity index (χ1) is 24.3. The molecule has 0 spiro atoms. The second kappa shape index (κ2) is 15.6. The third-order valence-electron chi connectivity index (χ3n) is 10.3. The standard InChI is InChI=1S/C39H52N2O11/c1-18-13-12-14-19(2)38(48)40-25-17-26(41(9)10)28-29(34(25)46)33(45)23(6)36-30(28)37(47)39(8,52-36)50-16-15-27(49-11)20(3)35(51-24(7)42)22(5)32(44)21(4)31(18)43/h12-18,20-22,27,31-32,35,43-46H,1-11H3,(H,40,48)/b13-12-,16-15-,19-14+. The number of esters is 1. The molecule has 0 aromatic heterocycles. The Labute approximate surface area is 304 Å². The molecule has 2 aromatic carbocycles. The zero-order valence-corrected chi connectivity index (χ0v) is 31.7. The number of aliphatic hydroxyl groups is 2. The minimum absolute atomic E-state index is 0.00264. The first-order valence-corrected chi connectivity index (χ1v) is 17.3. The average Bonchev–Trinajstić information content (AvgIpc) is 3.35. The fourth-order valence-electron chi connectivity index (χ4n) is 7.00. The lowest BCUT2D eigenvalue weighted by atomic mass is 9.78. The van der Waals surface area contributed by atoms with Crippen LogP contribution in [0.15, 0.2) is 42.2 Å². The van der Waals surface area contributed by atoms with E-state index >= 15 is 0 Å². The molecule has 9 atom stereocenters. The molecule has 13 heteroatoms. The predicted molar refractivity (Wildman–Crippen MR) is 196 cm³/mol. The molecule has 5 N–H and O–H groups in total. The number of carbonyl (C=O) groups excluding carboxylic acids is 3. The number of aliphatic hydroxyl groups excluding tert-OH is 2. The van der Waals surface area contributed by atoms with Gasteiger partial charge < -0.3 is 49.6 Å². The summed E-state index contributed by atoms with van der Waals surface area (Å²) in [5.74, 6) is -6.62. The smallest absolute Gasteiger partial charge is 0.312 e. The molecule has 3 aliphatic heterocycles. The van der Waals surface area contributed by atoms with E-state index < -0.39 is 77.3 Å². The van der Waals surface area contributed by atoms with Crippen LogP contribution in [0.4, 0.5) is 11.4 Å². The van der Waals surface area contributed by atoms with E-state index in [1.54, 1.807) is 84.8 Å². The van der Waals surface area contributed by atoms with E-state index in [1.807, 2.05) is 0 Å². The summed E-state index contributed by atoms with van der Waals surface area (Å²) in [5, 5.41) is 48.5. The Morgan fingerprint density at radius 3 is 2.21 bits per heavy atom. The van der Waals surface area contributed by atoms with Gasteiger partial charge in [-0.05, 0) is 26.0 Å². The van der Waals surface area contributed by atoms with Gasteiger partial charge in [-0.3, -0.25) is 14.4 Å². The molecule has 1 amide bonds. The van der Waals surface area contributed by atoms with Crippen LogP contribution in [0.25, 0.3) is 10.8 Å². The van der Waals surface area contributed by atoms with Crippen LogP contribution in [0.2, 0.25) is 0 Å². The van der Waals surface area contributed by atoms with E-state index in [4.69, 9.17) is 18.9 Å². The highest BCUT2D eigenvalue weighted by molar-refractivity contribution is 6.23. The molecule has 3 aliphatic rings. The number of ketones is 1. The van der Waals surface area contributed by atoms with Crippen molar-refractivity contribution in [3.05, 3.63) is 53.3 Å². The summed E-state index contributed by atoms with van der Waals surface area (Å²) in [6.45, 7) is 12.8. The Morgan fingerprint density at radius 2 is 1.62 bits per heavy atom. The van der Waals surface area contributed by atoms with Crippen LogP contribution in [-0.4, -0.2) is 89.5 Å². The van der Waals surface area contributed by atoms with Crippen LogP contribution in [0.5, 0.6) is 17.2 Å². The van der Waals surface area contributed by atoms with Gasteiger partial charge in [-0.2, -0.15) is 0 Å². The monoisotopic (exact) mass is 724 g/mol. The van der Waals surface area contributed by atoms with Crippen LogP contribution < -0.4 is 15.0 Å². The number of Topliss-reactive ketones (excluding diaryl/α,β-unsaturated/α-hetero) is 1. The molecular weight excluding hydrogens is 672 g/mol. The molecule has 2 aromatic rings. The molecule has 284 valence electrons. The lowest BCUT2D eigenvalue weighted by molar-refractivity contribution is -0.160. The number of phenolic OH excluding ortho intramolecular Hbond substituents is 2. The van der Waals surface area contributed by atoms with Crippen molar-refractivity contribution < 1.29 is 53.8 Å². The highest BCUT2D eigenvalue weighted by Gasteiger charge is 2.49. The molecule has 52 heavy (non-hydrogen) atoms. The lowest BCUT2D eigenvalue weighted by Crippen LogP contribution is -2.46. The molecule has 0 radical (unpaired) electrons. The second-order valence-electron chi connectivity index (χ2n) is 14.3. The SMILES string of the molecule is COC1/C=C\OC2(C)Oc3c(C)c(O)c4c(O)c(cc(N(C)C)c4c3C2=O)NC(=O)/C(C)=C/C=C\C(C)C(O)C(C)C(O)C(C)C(OC(C)=O)C1C. The van der Waals surface area contributed by atoms with Crippen LogP contribution in [0.1, 0.15) is 64.4 Å². The molecule has 0 aliphatic carbocycles. The number of benzene rings is 2. The Balaban J connectivity index is 1.92. The van der Waals surface area contributed by atoms with Gasteiger partial charge in [0, 0.05) is 80.9 Å². The van der Waals surface area contributed by atoms with Gasteiger partial charge in [-0.25, -0.2) is 0 Å². The Morgan fingerprint density at radius 1 is 0.962 bits per heavy atom. The molecule has 0 saturated carbocycles. The number of amides is 1. The van der Waals surface area contributed by atoms with Crippen molar-refractivity contribution in [1.82, 2.24) is 0 Å². The number of nitrogens with one attached hydrogen (secondary N) is 1. The van der Waals surface area contributed by atoms with E-state index in [0.29, 0.717) is 5.69 Å². The Kier molecular flexibility index (Phi) is 12.0. The van der Waals surface area contributed by atoms with Gasteiger partial charge in [0.1, 0.15) is 17.6 Å². The number of rotatable bonds is 3. The number of allylic oxidation sites excluding steroid dienone is 2. The van der Waals surface area contributed by atoms with Gasteiger partial charge in [0.05, 0.1) is 41.2 Å². The highest BCUT2D eigenvalue weighted by Crippen LogP contribution is 2.53. The number of ether oxygens (including phenoxy) is 4. The number of hydrogen-bond acceptors (Lipinski definition) is 12. The van der Waals surface area contributed by atoms with Crippen LogP contribution in [0.3, 0.4) is 0 Å². The third kappa shape index (κ3) is 7.48. The van der Waals surface area contributed by atoms with Crippen LogP contribution >= 0.6 is 0 Å². The number of carbonyl (C=O) groups is 3. The van der Waals surface area contributed by atoms with Gasteiger partial charge in [-0.1, -0.05) is 45.9 Å². The van der Waals surface area contributed by atoms with Gasteiger partial charge in [0.25, 0.3) is 11.7 Å². The number of methoxy groups -OCH3 is 1. The molecule has 13 nitrogen and oxygen atoms in total. The predicted octanol–water partition coefficient (Wildman–Crippen LogP) is 5.11. The van der Waals surface area contributed by atoms with Gasteiger partial charge in [0.2, 0.25) is 0 Å². The van der Waals surface area contributed by atoms with E-state index in [-0.39, 0.29) is 44.7 Å². The number of anilines is 2. The second-order valence-corrected chi connectivity index (χ2v) is 14.3. The summed E-state index contributed by atoms with van der Waals surface area (Å²) in [4.78, 5) is 41.5. The molecule has 3 heterocycles. The molecular formula is C39H52N2O11. The maximum Gasteiger partial charge on any atom is 0.312 e.